The van der Waals surface area contributed by atoms with Crippen molar-refractivity contribution in [2.45, 2.75) is 39.9 Å². The van der Waals surface area contributed by atoms with Gasteiger partial charge in [-0.2, -0.15) is 18.4 Å². The molecular formula is C23H27BrF3N5O2. The molecule has 1 aliphatic heterocycles. The lowest BCUT2D eigenvalue weighted by Gasteiger charge is -2.35. The van der Waals surface area contributed by atoms with Crippen LogP contribution in [0.3, 0.4) is 0 Å². The number of nitrogens with two attached hydrogens (primary N) is 1. The topological polar surface area (TPSA) is 104 Å². The van der Waals surface area contributed by atoms with Crippen LogP contribution in [0.25, 0.3) is 0 Å². The van der Waals surface area contributed by atoms with E-state index in [-0.39, 0.29) is 17.2 Å². The number of methoxy groups -OCH3 is 1. The summed E-state index contributed by atoms with van der Waals surface area (Å²) < 4.78 is 43.7. The van der Waals surface area contributed by atoms with E-state index in [0.717, 1.165) is 13.0 Å². The first-order chi connectivity index (χ1) is 15.8. The summed E-state index contributed by atoms with van der Waals surface area (Å²) in [4.78, 5) is 18.7. The number of alkyl halides is 3. The average Bonchev–Trinajstić information content (AvgIpc) is 2.77. The van der Waals surface area contributed by atoms with Crippen LogP contribution in [0.5, 0.6) is 0 Å². The maximum Gasteiger partial charge on any atom is 0.412 e. The van der Waals surface area contributed by atoms with Gasteiger partial charge in [0.05, 0.1) is 24.7 Å². The highest BCUT2D eigenvalue weighted by molar-refractivity contribution is 9.12. The van der Waals surface area contributed by atoms with Crippen molar-refractivity contribution in [2.24, 2.45) is 16.8 Å². The zero-order chi connectivity index (χ0) is 26.2. The number of hydrogen-bond donors (Lipinski definition) is 2. The predicted molar refractivity (Wildman–Crippen MR) is 129 cm³/mol. The highest BCUT2D eigenvalue weighted by atomic mass is 79.9. The van der Waals surface area contributed by atoms with Crippen molar-refractivity contribution >= 4 is 27.9 Å². The second-order valence-corrected chi connectivity index (χ2v) is 8.05. The quantitative estimate of drug-likeness (QED) is 0.205. The Morgan fingerprint density at radius 1 is 1.47 bits per heavy atom. The number of allylic oxidation sites excluding steroid dienone is 7. The molecule has 0 amide bonds. The number of nitrogens with one attached hydrogen (secondary N) is 1. The Kier molecular flexibility index (Phi) is 10.5. The van der Waals surface area contributed by atoms with Gasteiger partial charge in [-0.25, -0.2) is 15.6 Å². The number of aliphatic imine (C=N–C) groups is 1. The summed E-state index contributed by atoms with van der Waals surface area (Å²) in [5, 5.41) is 9.13. The molecule has 0 aromatic heterocycles. The minimum atomic E-state index is -4.45. The van der Waals surface area contributed by atoms with Crippen LogP contribution < -0.4 is 11.3 Å². The van der Waals surface area contributed by atoms with Gasteiger partial charge in [0.2, 0.25) is 5.96 Å². The summed E-state index contributed by atoms with van der Waals surface area (Å²) in [6.07, 6.45) is 2.39. The van der Waals surface area contributed by atoms with Gasteiger partial charge < -0.3 is 4.74 Å². The summed E-state index contributed by atoms with van der Waals surface area (Å²) in [7, 11) is 1.22. The second-order valence-electron chi connectivity index (χ2n) is 7.20. The van der Waals surface area contributed by atoms with Crippen molar-refractivity contribution in [1.29, 1.82) is 5.26 Å². The lowest BCUT2D eigenvalue weighted by Crippen LogP contribution is -2.48. The fraction of sp³-hybridized carbons (Fsp3) is 0.348. The van der Waals surface area contributed by atoms with Crippen molar-refractivity contribution in [2.75, 3.05) is 7.11 Å². The predicted octanol–water partition coefficient (Wildman–Crippen LogP) is 4.90. The number of nitriles is 1. The molecule has 0 spiro atoms. The monoisotopic (exact) mass is 541 g/mol. The zero-order valence-electron chi connectivity index (χ0n) is 19.5. The molecule has 3 N–H and O–H groups in total. The van der Waals surface area contributed by atoms with Gasteiger partial charge in [0.25, 0.3) is 0 Å². The van der Waals surface area contributed by atoms with Gasteiger partial charge in [0, 0.05) is 21.4 Å². The van der Waals surface area contributed by atoms with Gasteiger partial charge in [-0.15, -0.1) is 0 Å². The minimum Gasteiger partial charge on any atom is -0.466 e. The second kappa shape index (κ2) is 12.4. The summed E-state index contributed by atoms with van der Waals surface area (Å²) in [6.45, 7) is 9.90. The molecule has 0 fully saturated rings. The van der Waals surface area contributed by atoms with E-state index >= 15 is 0 Å². The third kappa shape index (κ3) is 6.95. The Labute approximate surface area is 205 Å². The highest BCUT2D eigenvalue weighted by Gasteiger charge is 2.36. The number of hydrogen-bond acceptors (Lipinski definition) is 7. The molecular weight excluding hydrogens is 515 g/mol. The number of rotatable bonds is 7. The molecule has 0 bridgehead atoms. The molecule has 0 saturated heterocycles. The summed E-state index contributed by atoms with van der Waals surface area (Å²) in [6, 6.07) is 1.26. The first-order valence-electron chi connectivity index (χ1n) is 10.0. The first-order valence-corrected chi connectivity index (χ1v) is 10.8. The standard InChI is InChI=1S/C23H27BrF3N5O2/c1-7-17(18(24)11-13(2)12-28)20-19(21(33)34-6)16(5)32(22(30-20)31-29)15(4)10-8-9-14(3)23(25,26)27/h7-11,13,20H,4,29H2,1-3,5-6H3,(H,30,31). The number of nitrogens with zero attached hydrogens (tertiary/aromatic N) is 3. The molecule has 0 aromatic rings. The van der Waals surface area contributed by atoms with E-state index in [1.807, 2.05) is 0 Å². The molecule has 1 rings (SSSR count). The molecule has 34 heavy (non-hydrogen) atoms. The maximum absolute atomic E-state index is 12.8. The van der Waals surface area contributed by atoms with Gasteiger partial charge in [0.1, 0.15) is 6.04 Å². The molecule has 0 aromatic carbocycles. The van der Waals surface area contributed by atoms with E-state index < -0.39 is 29.7 Å². The van der Waals surface area contributed by atoms with Crippen molar-refractivity contribution in [3.05, 3.63) is 69.6 Å². The Morgan fingerprint density at radius 3 is 2.56 bits per heavy atom. The number of carbonyl (C=O) groups is 1. The fourth-order valence-corrected chi connectivity index (χ4v) is 3.86. The smallest absolute Gasteiger partial charge is 0.412 e. The first kappa shape index (κ1) is 28.9. The van der Waals surface area contributed by atoms with E-state index in [1.165, 1.54) is 24.2 Å². The Bertz CT molecular complexity index is 1050. The van der Waals surface area contributed by atoms with Crippen molar-refractivity contribution in [1.82, 2.24) is 10.3 Å². The van der Waals surface area contributed by atoms with Crippen LogP contribution in [0, 0.1) is 17.2 Å². The highest BCUT2D eigenvalue weighted by Crippen LogP contribution is 2.35. The normalized spacial score (nSPS) is 19.1. The van der Waals surface area contributed by atoms with Gasteiger partial charge >= 0.3 is 12.1 Å². The van der Waals surface area contributed by atoms with Crippen LogP contribution in [-0.4, -0.2) is 36.2 Å². The Hall–Kier alpha value is -3.10. The number of esters is 1. The van der Waals surface area contributed by atoms with Crippen LogP contribution in [-0.2, 0) is 9.53 Å². The van der Waals surface area contributed by atoms with Gasteiger partial charge in [0.15, 0.2) is 0 Å². The summed E-state index contributed by atoms with van der Waals surface area (Å²) in [5.41, 5.74) is 2.98. The van der Waals surface area contributed by atoms with Crippen molar-refractivity contribution in [3.8, 4) is 6.07 Å². The molecule has 1 aliphatic rings. The third-order valence-corrected chi connectivity index (χ3v) is 5.57. The summed E-state index contributed by atoms with van der Waals surface area (Å²) >= 11 is 3.45. The van der Waals surface area contributed by atoms with Gasteiger partial charge in [-0.1, -0.05) is 46.8 Å². The molecule has 2 atom stereocenters. The van der Waals surface area contributed by atoms with Crippen molar-refractivity contribution in [3.63, 3.8) is 0 Å². The van der Waals surface area contributed by atoms with Crippen LogP contribution in [0.1, 0.15) is 27.7 Å². The number of hydrazine groups is 1. The molecule has 2 unspecified atom stereocenters. The molecule has 184 valence electrons. The van der Waals surface area contributed by atoms with Crippen LogP contribution >= 0.6 is 15.9 Å². The molecule has 0 aliphatic carbocycles. The van der Waals surface area contributed by atoms with Crippen LogP contribution in [0.2, 0.25) is 0 Å². The van der Waals surface area contributed by atoms with Crippen molar-refractivity contribution < 1.29 is 22.7 Å². The molecule has 0 radical (unpaired) electrons. The van der Waals surface area contributed by atoms with E-state index in [1.54, 1.807) is 32.9 Å². The third-order valence-electron chi connectivity index (χ3n) is 4.85. The molecule has 0 saturated carbocycles. The van der Waals surface area contributed by atoms with Crippen LogP contribution in [0.4, 0.5) is 13.2 Å². The number of guanidine groups is 1. The van der Waals surface area contributed by atoms with E-state index in [0.29, 0.717) is 15.8 Å². The lowest BCUT2D eigenvalue weighted by molar-refractivity contribution is -0.136. The lowest BCUT2D eigenvalue weighted by atomic mass is 9.94. The SMILES string of the molecule is C=C(C=CC=C(C)C(F)(F)F)N1C(NN)=NC(C(=CC)C(Br)=CC(C)C#N)C(C(=O)OC)=C1C. The Balaban J connectivity index is 3.59. The van der Waals surface area contributed by atoms with Gasteiger partial charge in [-0.3, -0.25) is 10.3 Å². The number of halogens is 4. The van der Waals surface area contributed by atoms with E-state index in [9.17, 15) is 18.0 Å². The largest absolute Gasteiger partial charge is 0.466 e. The zero-order valence-corrected chi connectivity index (χ0v) is 21.1. The molecule has 1 heterocycles. The van der Waals surface area contributed by atoms with Gasteiger partial charge in [-0.05, 0) is 39.3 Å². The number of ether oxygens (including phenoxy) is 1. The average molecular weight is 542 g/mol. The van der Waals surface area contributed by atoms with Crippen LogP contribution in [0.15, 0.2) is 74.5 Å². The molecule has 7 nitrogen and oxygen atoms in total. The summed E-state index contributed by atoms with van der Waals surface area (Å²) in [5.74, 6) is 4.72. The Morgan fingerprint density at radius 2 is 2.09 bits per heavy atom. The maximum atomic E-state index is 12.8. The van der Waals surface area contributed by atoms with E-state index in [4.69, 9.17) is 15.8 Å². The number of carbonyl (C=O) groups excluding carboxylic acids is 1. The minimum absolute atomic E-state index is 0.106. The van der Waals surface area contributed by atoms with E-state index in [2.05, 4.69) is 39.0 Å². The fourth-order valence-electron chi connectivity index (χ4n) is 3.02. The molecule has 11 heteroatoms.